The molecule has 0 unspecified atom stereocenters. The van der Waals surface area contributed by atoms with Crippen LogP contribution in [0.1, 0.15) is 17.0 Å². The minimum Gasteiger partial charge on any atom is -0.198 e. The number of hydrogen-bond acceptors (Lipinski definition) is 0. The molecule has 5 rings (SSSR count). The van der Waals surface area contributed by atoms with Crippen molar-refractivity contribution in [3.63, 3.8) is 0 Å². The fourth-order valence-corrected chi connectivity index (χ4v) is 3.94. The predicted octanol–water partition coefficient (Wildman–Crippen LogP) is 4.83. The highest BCUT2D eigenvalue weighted by molar-refractivity contribution is 5.62. The van der Waals surface area contributed by atoms with Gasteiger partial charge >= 0.3 is 0 Å². The molecule has 0 amide bonds. The Bertz CT molecular complexity index is 1070. The molecular formula is C24H21N2+. The first-order valence-electron chi connectivity index (χ1n) is 9.18. The highest BCUT2D eigenvalue weighted by atomic mass is 15.2. The van der Waals surface area contributed by atoms with Crippen LogP contribution in [0.3, 0.4) is 0 Å². The van der Waals surface area contributed by atoms with E-state index >= 15 is 0 Å². The Morgan fingerprint density at radius 1 is 0.769 bits per heavy atom. The average molecular weight is 337 g/mol. The van der Waals surface area contributed by atoms with Crippen LogP contribution >= 0.6 is 0 Å². The topological polar surface area (TPSA) is 8.81 Å². The monoisotopic (exact) mass is 337 g/mol. The second-order valence-electron chi connectivity index (χ2n) is 6.97. The first-order valence-corrected chi connectivity index (χ1v) is 9.18. The fourth-order valence-electron chi connectivity index (χ4n) is 3.94. The number of para-hydroxylation sites is 2. The van der Waals surface area contributed by atoms with Crippen molar-refractivity contribution in [2.75, 3.05) is 0 Å². The SMILES string of the molecule is Cc1ccc(-c2c[n+]3c(n2-c2ccccc2)CCc2ccccc2-3)cc1. The van der Waals surface area contributed by atoms with Crippen LogP contribution in [0.15, 0.2) is 85.1 Å². The highest BCUT2D eigenvalue weighted by Gasteiger charge is 2.30. The molecule has 0 spiro atoms. The molecule has 26 heavy (non-hydrogen) atoms. The molecular weight excluding hydrogens is 316 g/mol. The summed E-state index contributed by atoms with van der Waals surface area (Å²) in [5, 5.41) is 0. The summed E-state index contributed by atoms with van der Waals surface area (Å²) in [4.78, 5) is 0. The number of aromatic nitrogens is 2. The quantitative estimate of drug-likeness (QED) is 0.463. The van der Waals surface area contributed by atoms with Crippen molar-refractivity contribution in [3.8, 4) is 22.6 Å². The minimum atomic E-state index is 1.04. The second kappa shape index (κ2) is 5.99. The van der Waals surface area contributed by atoms with Crippen LogP contribution in [0.4, 0.5) is 0 Å². The number of benzene rings is 3. The normalized spacial score (nSPS) is 12.5. The minimum absolute atomic E-state index is 1.04. The van der Waals surface area contributed by atoms with E-state index in [1.165, 1.54) is 39.6 Å². The van der Waals surface area contributed by atoms with Gasteiger partial charge in [0.1, 0.15) is 17.6 Å². The number of imidazole rings is 1. The third-order valence-corrected chi connectivity index (χ3v) is 5.26. The molecule has 1 aromatic heterocycles. The molecule has 1 aliphatic rings. The summed E-state index contributed by atoms with van der Waals surface area (Å²) < 4.78 is 4.79. The van der Waals surface area contributed by atoms with Crippen molar-refractivity contribution in [2.24, 2.45) is 0 Å². The van der Waals surface area contributed by atoms with Crippen LogP contribution in [0.5, 0.6) is 0 Å². The van der Waals surface area contributed by atoms with Crippen LogP contribution in [0, 0.1) is 6.92 Å². The van der Waals surface area contributed by atoms with Crippen LogP contribution < -0.4 is 4.57 Å². The molecule has 0 bridgehead atoms. The molecule has 0 N–H and O–H groups in total. The van der Waals surface area contributed by atoms with Crippen LogP contribution in [0.25, 0.3) is 22.6 Å². The molecule has 0 saturated heterocycles. The molecule has 2 heterocycles. The molecule has 0 aliphatic carbocycles. The fraction of sp³-hybridized carbons (Fsp3) is 0.125. The summed E-state index contributed by atoms with van der Waals surface area (Å²) in [6.45, 7) is 2.13. The van der Waals surface area contributed by atoms with Crippen molar-refractivity contribution in [2.45, 2.75) is 19.8 Å². The van der Waals surface area contributed by atoms with E-state index in [1.807, 2.05) is 0 Å². The maximum atomic E-state index is 2.42. The Morgan fingerprint density at radius 2 is 1.50 bits per heavy atom. The lowest BCUT2D eigenvalue weighted by atomic mass is 10.0. The Kier molecular flexibility index (Phi) is 3.49. The Hall–Kier alpha value is -3.13. The van der Waals surface area contributed by atoms with E-state index in [4.69, 9.17) is 0 Å². The Labute approximate surface area is 154 Å². The van der Waals surface area contributed by atoms with Gasteiger partial charge in [0.2, 0.25) is 0 Å². The van der Waals surface area contributed by atoms with Gasteiger partial charge in [0.15, 0.2) is 5.69 Å². The maximum Gasteiger partial charge on any atom is 0.267 e. The lowest BCUT2D eigenvalue weighted by Crippen LogP contribution is -2.39. The van der Waals surface area contributed by atoms with Crippen molar-refractivity contribution < 1.29 is 4.57 Å². The van der Waals surface area contributed by atoms with E-state index < -0.39 is 0 Å². The number of nitrogens with zero attached hydrogens (tertiary/aromatic N) is 2. The molecule has 126 valence electrons. The van der Waals surface area contributed by atoms with Gasteiger partial charge in [-0.25, -0.2) is 0 Å². The third-order valence-electron chi connectivity index (χ3n) is 5.26. The molecule has 4 aromatic rings. The standard InChI is InChI=1S/C24H21N2/c1-18-11-13-20(14-12-18)23-17-25-22-10-6-5-7-19(22)15-16-24(25)26(23)21-8-3-2-4-9-21/h2-14,17H,15-16H2,1H3/q+1. The molecule has 0 saturated carbocycles. The second-order valence-corrected chi connectivity index (χ2v) is 6.97. The van der Waals surface area contributed by atoms with Crippen LogP contribution in [0.2, 0.25) is 0 Å². The van der Waals surface area contributed by atoms with E-state index in [-0.39, 0.29) is 0 Å². The molecule has 2 heteroatoms. The summed E-state index contributed by atoms with van der Waals surface area (Å²) in [5.41, 5.74) is 7.72. The van der Waals surface area contributed by atoms with E-state index in [0.717, 1.165) is 12.8 Å². The first-order chi connectivity index (χ1) is 12.8. The van der Waals surface area contributed by atoms with Crippen molar-refractivity contribution >= 4 is 0 Å². The lowest BCUT2D eigenvalue weighted by Gasteiger charge is -2.13. The Balaban J connectivity index is 1.80. The van der Waals surface area contributed by atoms with Crippen molar-refractivity contribution in [1.29, 1.82) is 0 Å². The number of aryl methyl sites for hydroxylation is 2. The molecule has 0 fully saturated rings. The van der Waals surface area contributed by atoms with E-state index in [1.54, 1.807) is 0 Å². The molecule has 0 atom stereocenters. The molecule has 0 radical (unpaired) electrons. The lowest BCUT2D eigenvalue weighted by molar-refractivity contribution is -0.606. The van der Waals surface area contributed by atoms with E-state index in [9.17, 15) is 0 Å². The van der Waals surface area contributed by atoms with Gasteiger partial charge in [0, 0.05) is 5.56 Å². The van der Waals surface area contributed by atoms with Gasteiger partial charge in [-0.2, -0.15) is 9.13 Å². The third kappa shape index (κ3) is 2.38. The number of hydrogen-bond donors (Lipinski definition) is 0. The smallest absolute Gasteiger partial charge is 0.198 e. The zero-order chi connectivity index (χ0) is 17.5. The molecule has 1 aliphatic heterocycles. The number of rotatable bonds is 2. The summed E-state index contributed by atoms with van der Waals surface area (Å²) in [5.74, 6) is 1.34. The van der Waals surface area contributed by atoms with Crippen molar-refractivity contribution in [3.05, 3.63) is 102 Å². The van der Waals surface area contributed by atoms with Gasteiger partial charge in [-0.3, -0.25) is 0 Å². The van der Waals surface area contributed by atoms with Gasteiger partial charge in [-0.05, 0) is 37.1 Å². The largest absolute Gasteiger partial charge is 0.267 e. The van der Waals surface area contributed by atoms with Gasteiger partial charge in [-0.15, -0.1) is 0 Å². The van der Waals surface area contributed by atoms with Crippen LogP contribution in [-0.4, -0.2) is 4.57 Å². The van der Waals surface area contributed by atoms with Gasteiger partial charge in [-0.1, -0.05) is 66.2 Å². The predicted molar refractivity (Wildman–Crippen MR) is 105 cm³/mol. The van der Waals surface area contributed by atoms with Gasteiger partial charge in [0.05, 0.1) is 6.42 Å². The summed E-state index contributed by atoms with van der Waals surface area (Å²) in [7, 11) is 0. The Morgan fingerprint density at radius 3 is 2.31 bits per heavy atom. The summed E-state index contributed by atoms with van der Waals surface area (Å²) >= 11 is 0. The first kappa shape index (κ1) is 15.2. The van der Waals surface area contributed by atoms with Crippen molar-refractivity contribution in [1.82, 2.24) is 4.57 Å². The van der Waals surface area contributed by atoms with Gasteiger partial charge in [0.25, 0.3) is 5.82 Å². The van der Waals surface area contributed by atoms with Crippen LogP contribution in [-0.2, 0) is 12.8 Å². The van der Waals surface area contributed by atoms with E-state index in [2.05, 4.69) is 101 Å². The number of fused-ring (bicyclic) bond motifs is 3. The van der Waals surface area contributed by atoms with E-state index in [0.29, 0.717) is 0 Å². The average Bonchev–Trinajstić information content (AvgIpc) is 3.09. The molecule has 2 nitrogen and oxygen atoms in total. The zero-order valence-electron chi connectivity index (χ0n) is 14.9. The zero-order valence-corrected chi connectivity index (χ0v) is 14.9. The van der Waals surface area contributed by atoms with Gasteiger partial charge < -0.3 is 0 Å². The summed E-state index contributed by atoms with van der Waals surface area (Å²) in [6.07, 6.45) is 4.42. The maximum absolute atomic E-state index is 2.42. The molecule has 3 aromatic carbocycles. The summed E-state index contributed by atoms with van der Waals surface area (Å²) in [6, 6.07) is 28.3. The highest BCUT2D eigenvalue weighted by Crippen LogP contribution is 2.29.